The molecule has 0 heterocycles. The Hall–Kier alpha value is -1.12. The first-order chi connectivity index (χ1) is 5.60. The molecule has 0 aliphatic carbocycles. The number of ether oxygens (including phenoxy) is 2. The fourth-order valence-corrected chi connectivity index (χ4v) is 0.785. The molecule has 0 saturated carbocycles. The highest BCUT2D eigenvalue weighted by molar-refractivity contribution is 5.67. The van der Waals surface area contributed by atoms with Crippen LogP contribution < -0.4 is 0 Å². The molecule has 0 aromatic rings. The summed E-state index contributed by atoms with van der Waals surface area (Å²) in [4.78, 5) is 10.3. The van der Waals surface area contributed by atoms with Gasteiger partial charge in [-0.1, -0.05) is 0 Å². The number of carboxylic acids is 1. The van der Waals surface area contributed by atoms with E-state index >= 15 is 0 Å². The van der Waals surface area contributed by atoms with E-state index in [0.717, 1.165) is 0 Å². The Kier molecular flexibility index (Phi) is 4.26. The SMILES string of the molecule is COC(CC#N)(CC(=O)O)OC. The second-order valence-electron chi connectivity index (χ2n) is 2.22. The van der Waals surface area contributed by atoms with Crippen LogP contribution in [0.3, 0.4) is 0 Å². The monoisotopic (exact) mass is 173 g/mol. The van der Waals surface area contributed by atoms with Crippen molar-refractivity contribution in [3.8, 4) is 6.07 Å². The third kappa shape index (κ3) is 2.86. The Morgan fingerprint density at radius 2 is 2.08 bits per heavy atom. The maximum Gasteiger partial charge on any atom is 0.308 e. The Labute approximate surface area is 70.5 Å². The molecule has 0 bridgehead atoms. The number of hydrogen-bond acceptors (Lipinski definition) is 4. The molecule has 1 N–H and O–H groups in total. The van der Waals surface area contributed by atoms with Crippen LogP contribution in [0.25, 0.3) is 0 Å². The van der Waals surface area contributed by atoms with E-state index in [9.17, 15) is 4.79 Å². The van der Waals surface area contributed by atoms with Crippen LogP contribution >= 0.6 is 0 Å². The minimum atomic E-state index is -1.30. The van der Waals surface area contributed by atoms with Crippen molar-refractivity contribution in [3.05, 3.63) is 0 Å². The lowest BCUT2D eigenvalue weighted by molar-refractivity contribution is -0.211. The second-order valence-corrected chi connectivity index (χ2v) is 2.22. The molecule has 0 aliphatic heterocycles. The molecule has 68 valence electrons. The van der Waals surface area contributed by atoms with Crippen molar-refractivity contribution in [3.63, 3.8) is 0 Å². The smallest absolute Gasteiger partial charge is 0.308 e. The van der Waals surface area contributed by atoms with E-state index < -0.39 is 11.8 Å². The highest BCUT2D eigenvalue weighted by Gasteiger charge is 2.32. The molecular weight excluding hydrogens is 162 g/mol. The van der Waals surface area contributed by atoms with Crippen molar-refractivity contribution in [2.45, 2.75) is 18.6 Å². The molecule has 5 nitrogen and oxygen atoms in total. The predicted octanol–water partition coefficient (Wildman–Crippen LogP) is 0.364. The zero-order valence-electron chi connectivity index (χ0n) is 7.03. The quantitative estimate of drug-likeness (QED) is 0.607. The summed E-state index contributed by atoms with van der Waals surface area (Å²) in [5.41, 5.74) is 0. The van der Waals surface area contributed by atoms with Crippen molar-refractivity contribution in [1.82, 2.24) is 0 Å². The lowest BCUT2D eigenvalue weighted by Crippen LogP contribution is -2.35. The van der Waals surface area contributed by atoms with Gasteiger partial charge in [0.1, 0.15) is 6.42 Å². The third-order valence-electron chi connectivity index (χ3n) is 1.51. The van der Waals surface area contributed by atoms with Gasteiger partial charge in [-0.25, -0.2) is 0 Å². The second kappa shape index (κ2) is 4.70. The summed E-state index contributed by atoms with van der Waals surface area (Å²) in [7, 11) is 2.62. The molecule has 0 saturated heterocycles. The molecule has 0 aromatic carbocycles. The van der Waals surface area contributed by atoms with Crippen molar-refractivity contribution < 1.29 is 19.4 Å². The summed E-state index contributed by atoms with van der Waals surface area (Å²) in [5, 5.41) is 16.8. The van der Waals surface area contributed by atoms with E-state index in [1.807, 2.05) is 0 Å². The van der Waals surface area contributed by atoms with E-state index in [-0.39, 0.29) is 12.8 Å². The highest BCUT2D eigenvalue weighted by atomic mass is 16.7. The van der Waals surface area contributed by atoms with Gasteiger partial charge in [0.05, 0.1) is 12.5 Å². The number of carbonyl (C=O) groups is 1. The Morgan fingerprint density at radius 3 is 2.33 bits per heavy atom. The molecule has 0 aliphatic rings. The van der Waals surface area contributed by atoms with E-state index in [2.05, 4.69) is 0 Å². The number of aliphatic carboxylic acids is 1. The summed E-state index contributed by atoms with van der Waals surface area (Å²) in [5.74, 6) is -2.37. The van der Waals surface area contributed by atoms with E-state index in [1.54, 1.807) is 6.07 Å². The number of nitrogens with zero attached hydrogens (tertiary/aromatic N) is 1. The van der Waals surface area contributed by atoms with Crippen LogP contribution in [0.4, 0.5) is 0 Å². The van der Waals surface area contributed by atoms with Crippen LogP contribution in [0, 0.1) is 11.3 Å². The molecular formula is C7H11NO4. The van der Waals surface area contributed by atoms with Gasteiger partial charge in [0, 0.05) is 14.2 Å². The van der Waals surface area contributed by atoms with Crippen molar-refractivity contribution >= 4 is 5.97 Å². The standard InChI is InChI=1S/C7H11NO4/c1-11-7(12-2,3-4-8)5-6(9)10/h3,5H2,1-2H3,(H,9,10). The van der Waals surface area contributed by atoms with Crippen molar-refractivity contribution in [2.75, 3.05) is 14.2 Å². The molecule has 0 amide bonds. The van der Waals surface area contributed by atoms with Gasteiger partial charge < -0.3 is 14.6 Å². The number of nitriles is 1. The Balaban J connectivity index is 4.36. The van der Waals surface area contributed by atoms with Gasteiger partial charge in [0.15, 0.2) is 5.79 Å². The first-order valence-electron chi connectivity index (χ1n) is 3.29. The molecule has 0 fully saturated rings. The summed E-state index contributed by atoms with van der Waals surface area (Å²) in [6, 6.07) is 1.80. The van der Waals surface area contributed by atoms with Crippen LogP contribution in [0.1, 0.15) is 12.8 Å². The number of hydrogen-bond donors (Lipinski definition) is 1. The van der Waals surface area contributed by atoms with Gasteiger partial charge in [-0.2, -0.15) is 5.26 Å². The topological polar surface area (TPSA) is 79.5 Å². The first kappa shape index (κ1) is 10.9. The molecule has 0 aromatic heterocycles. The third-order valence-corrected chi connectivity index (χ3v) is 1.51. The summed E-state index contributed by atoms with van der Waals surface area (Å²) in [6.07, 6.45) is -0.445. The number of rotatable bonds is 5. The number of methoxy groups -OCH3 is 2. The summed E-state index contributed by atoms with van der Waals surface area (Å²) < 4.78 is 9.63. The molecule has 0 unspecified atom stereocenters. The Bertz CT molecular complexity index is 192. The van der Waals surface area contributed by atoms with E-state index in [1.165, 1.54) is 14.2 Å². The van der Waals surface area contributed by atoms with Gasteiger partial charge in [-0.05, 0) is 0 Å². The molecule has 0 atom stereocenters. The zero-order chi connectivity index (χ0) is 9.61. The van der Waals surface area contributed by atoms with Crippen LogP contribution in [0.5, 0.6) is 0 Å². The average molecular weight is 173 g/mol. The van der Waals surface area contributed by atoms with Crippen LogP contribution in [0.15, 0.2) is 0 Å². The van der Waals surface area contributed by atoms with Gasteiger partial charge in [-0.3, -0.25) is 4.79 Å². The predicted molar refractivity (Wildman–Crippen MR) is 39.2 cm³/mol. The molecule has 0 rings (SSSR count). The number of carboxylic acid groups (broad SMARTS) is 1. The molecule has 0 radical (unpaired) electrons. The molecule has 0 spiro atoms. The van der Waals surface area contributed by atoms with Crippen LogP contribution in [-0.4, -0.2) is 31.1 Å². The van der Waals surface area contributed by atoms with Gasteiger partial charge in [0.2, 0.25) is 0 Å². The molecule has 12 heavy (non-hydrogen) atoms. The maximum atomic E-state index is 10.3. The van der Waals surface area contributed by atoms with E-state index in [0.29, 0.717) is 0 Å². The minimum absolute atomic E-state index is 0.105. The van der Waals surface area contributed by atoms with Crippen molar-refractivity contribution in [1.29, 1.82) is 5.26 Å². The zero-order valence-corrected chi connectivity index (χ0v) is 7.03. The largest absolute Gasteiger partial charge is 0.481 e. The lowest BCUT2D eigenvalue weighted by atomic mass is 10.1. The maximum absolute atomic E-state index is 10.3. The fourth-order valence-electron chi connectivity index (χ4n) is 0.785. The normalized spacial score (nSPS) is 10.8. The van der Waals surface area contributed by atoms with Gasteiger partial charge in [-0.15, -0.1) is 0 Å². The van der Waals surface area contributed by atoms with Gasteiger partial charge >= 0.3 is 5.97 Å². The molecule has 5 heteroatoms. The summed E-state index contributed by atoms with van der Waals surface area (Å²) >= 11 is 0. The van der Waals surface area contributed by atoms with E-state index in [4.69, 9.17) is 19.8 Å². The average Bonchev–Trinajstić information content (AvgIpc) is 2.03. The highest BCUT2D eigenvalue weighted by Crippen LogP contribution is 2.19. The van der Waals surface area contributed by atoms with Crippen molar-refractivity contribution in [2.24, 2.45) is 0 Å². The first-order valence-corrected chi connectivity index (χ1v) is 3.29. The lowest BCUT2D eigenvalue weighted by Gasteiger charge is -2.26. The fraction of sp³-hybridized carbons (Fsp3) is 0.714. The Morgan fingerprint density at radius 1 is 1.58 bits per heavy atom. The van der Waals surface area contributed by atoms with Gasteiger partial charge in [0.25, 0.3) is 0 Å². The van der Waals surface area contributed by atoms with Crippen LogP contribution in [0.2, 0.25) is 0 Å². The summed E-state index contributed by atoms with van der Waals surface area (Å²) in [6.45, 7) is 0. The minimum Gasteiger partial charge on any atom is -0.481 e. The van der Waals surface area contributed by atoms with Crippen LogP contribution in [-0.2, 0) is 14.3 Å².